The van der Waals surface area contributed by atoms with Gasteiger partial charge in [0.1, 0.15) is 6.10 Å². The minimum Gasteiger partial charge on any atom is -0.367 e. The van der Waals surface area contributed by atoms with E-state index in [0.29, 0.717) is 11.6 Å². The van der Waals surface area contributed by atoms with Gasteiger partial charge < -0.3 is 10.5 Å². The van der Waals surface area contributed by atoms with E-state index < -0.39 is 0 Å². The minimum absolute atomic E-state index is 0.0571. The molecular formula is C15H20ClN3O. The van der Waals surface area contributed by atoms with Crippen molar-refractivity contribution >= 4 is 11.6 Å². The second kappa shape index (κ2) is 6.88. The Balaban J connectivity index is 2.08. The number of benzene rings is 1. The highest BCUT2D eigenvalue weighted by atomic mass is 35.5. The maximum Gasteiger partial charge on any atom is 0.101 e. The SMILES string of the molecule is CCC(N)C(OCc1cccc(Cl)c1)c1cnn(C)c1. The molecule has 108 valence electrons. The molecule has 20 heavy (non-hydrogen) atoms. The maximum absolute atomic E-state index is 6.16. The Morgan fingerprint density at radius 2 is 2.25 bits per heavy atom. The molecule has 0 aliphatic rings. The smallest absolute Gasteiger partial charge is 0.101 e. The first-order valence-corrected chi connectivity index (χ1v) is 7.08. The fraction of sp³-hybridized carbons (Fsp3) is 0.400. The van der Waals surface area contributed by atoms with Gasteiger partial charge in [-0.25, -0.2) is 0 Å². The lowest BCUT2D eigenvalue weighted by Gasteiger charge is -2.22. The third kappa shape index (κ3) is 3.82. The van der Waals surface area contributed by atoms with Crippen LogP contribution in [0.5, 0.6) is 0 Å². The van der Waals surface area contributed by atoms with E-state index in [2.05, 4.69) is 12.0 Å². The summed E-state index contributed by atoms with van der Waals surface area (Å²) in [5.74, 6) is 0. The van der Waals surface area contributed by atoms with E-state index >= 15 is 0 Å². The van der Waals surface area contributed by atoms with Crippen molar-refractivity contribution in [1.29, 1.82) is 0 Å². The zero-order valence-corrected chi connectivity index (χ0v) is 12.5. The number of ether oxygens (including phenoxy) is 1. The summed E-state index contributed by atoms with van der Waals surface area (Å²) in [5.41, 5.74) is 8.20. The van der Waals surface area contributed by atoms with Gasteiger partial charge in [-0.3, -0.25) is 4.68 Å². The fourth-order valence-electron chi connectivity index (χ4n) is 2.08. The predicted molar refractivity (Wildman–Crippen MR) is 80.5 cm³/mol. The quantitative estimate of drug-likeness (QED) is 0.890. The molecule has 5 heteroatoms. The van der Waals surface area contributed by atoms with Crippen LogP contribution in [-0.4, -0.2) is 15.8 Å². The van der Waals surface area contributed by atoms with Gasteiger partial charge in [0.15, 0.2) is 0 Å². The molecule has 0 bridgehead atoms. The van der Waals surface area contributed by atoms with Crippen LogP contribution in [0.25, 0.3) is 0 Å². The van der Waals surface area contributed by atoms with Crippen LogP contribution in [0.4, 0.5) is 0 Å². The summed E-state index contributed by atoms with van der Waals surface area (Å²) in [6.07, 6.45) is 4.43. The van der Waals surface area contributed by atoms with Crippen LogP contribution >= 0.6 is 11.6 Å². The van der Waals surface area contributed by atoms with E-state index in [4.69, 9.17) is 22.1 Å². The van der Waals surface area contributed by atoms with Crippen LogP contribution in [0.1, 0.15) is 30.6 Å². The number of aromatic nitrogens is 2. The number of nitrogens with two attached hydrogens (primary N) is 1. The number of hydrogen-bond acceptors (Lipinski definition) is 3. The summed E-state index contributed by atoms with van der Waals surface area (Å²) in [4.78, 5) is 0. The molecule has 1 aromatic heterocycles. The third-order valence-electron chi connectivity index (χ3n) is 3.23. The van der Waals surface area contributed by atoms with E-state index in [1.807, 2.05) is 37.5 Å². The highest BCUT2D eigenvalue weighted by molar-refractivity contribution is 6.30. The van der Waals surface area contributed by atoms with Crippen LogP contribution in [0, 0.1) is 0 Å². The van der Waals surface area contributed by atoms with Gasteiger partial charge in [0.05, 0.1) is 12.8 Å². The molecule has 0 aliphatic carbocycles. The Labute approximate surface area is 124 Å². The average Bonchev–Trinajstić information content (AvgIpc) is 2.85. The maximum atomic E-state index is 6.16. The van der Waals surface area contributed by atoms with E-state index in [0.717, 1.165) is 17.5 Å². The standard InChI is InChI=1S/C15H20ClN3O/c1-3-14(17)15(12-8-18-19(2)9-12)20-10-11-5-4-6-13(16)7-11/h4-9,14-15H,3,10,17H2,1-2H3. The highest BCUT2D eigenvalue weighted by Gasteiger charge is 2.20. The Morgan fingerprint density at radius 3 is 2.85 bits per heavy atom. The Kier molecular flexibility index (Phi) is 5.17. The second-order valence-corrected chi connectivity index (χ2v) is 5.32. The lowest BCUT2D eigenvalue weighted by Crippen LogP contribution is -2.29. The lowest BCUT2D eigenvalue weighted by molar-refractivity contribution is 0.0212. The van der Waals surface area contributed by atoms with Crippen LogP contribution in [0.2, 0.25) is 5.02 Å². The van der Waals surface area contributed by atoms with Gasteiger partial charge in [-0.15, -0.1) is 0 Å². The molecule has 1 heterocycles. The van der Waals surface area contributed by atoms with Crippen LogP contribution in [-0.2, 0) is 18.4 Å². The summed E-state index contributed by atoms with van der Waals surface area (Å²) < 4.78 is 7.76. The van der Waals surface area contributed by atoms with Crippen molar-refractivity contribution in [3.63, 3.8) is 0 Å². The Hall–Kier alpha value is -1.36. The first kappa shape index (κ1) is 15.0. The highest BCUT2D eigenvalue weighted by Crippen LogP contribution is 2.23. The number of hydrogen-bond donors (Lipinski definition) is 1. The van der Waals surface area contributed by atoms with Crippen molar-refractivity contribution < 1.29 is 4.74 Å². The fourth-order valence-corrected chi connectivity index (χ4v) is 2.29. The molecule has 0 fully saturated rings. The van der Waals surface area contributed by atoms with Crippen LogP contribution in [0.3, 0.4) is 0 Å². The van der Waals surface area contributed by atoms with Gasteiger partial charge >= 0.3 is 0 Å². The molecule has 0 radical (unpaired) electrons. The van der Waals surface area contributed by atoms with Crippen molar-refractivity contribution in [2.24, 2.45) is 12.8 Å². The molecule has 2 atom stereocenters. The molecule has 4 nitrogen and oxygen atoms in total. The summed E-state index contributed by atoms with van der Waals surface area (Å²) in [6, 6.07) is 7.60. The lowest BCUT2D eigenvalue weighted by atomic mass is 10.0. The predicted octanol–water partition coefficient (Wildman–Crippen LogP) is 3.07. The summed E-state index contributed by atoms with van der Waals surface area (Å²) in [7, 11) is 1.88. The van der Waals surface area contributed by atoms with E-state index in [9.17, 15) is 0 Å². The molecule has 2 unspecified atom stereocenters. The van der Waals surface area contributed by atoms with Crippen molar-refractivity contribution in [1.82, 2.24) is 9.78 Å². The van der Waals surface area contributed by atoms with Gasteiger partial charge in [-0.2, -0.15) is 5.10 Å². The Bertz CT molecular complexity index is 556. The number of nitrogens with zero attached hydrogens (tertiary/aromatic N) is 2. The molecule has 1 aromatic carbocycles. The van der Waals surface area contributed by atoms with E-state index in [1.54, 1.807) is 10.9 Å². The summed E-state index contributed by atoms with van der Waals surface area (Å²) >= 11 is 5.98. The molecule has 2 aromatic rings. The summed E-state index contributed by atoms with van der Waals surface area (Å²) in [6.45, 7) is 2.53. The molecule has 2 rings (SSSR count). The third-order valence-corrected chi connectivity index (χ3v) is 3.47. The monoisotopic (exact) mass is 293 g/mol. The largest absolute Gasteiger partial charge is 0.367 e. The van der Waals surface area contributed by atoms with Gasteiger partial charge in [-0.05, 0) is 24.1 Å². The van der Waals surface area contributed by atoms with Gasteiger partial charge in [0, 0.05) is 29.9 Å². The molecular weight excluding hydrogens is 274 g/mol. The van der Waals surface area contributed by atoms with Crippen molar-refractivity contribution in [3.8, 4) is 0 Å². The molecule has 0 aliphatic heterocycles. The summed E-state index contributed by atoms with van der Waals surface area (Å²) in [5, 5.41) is 4.90. The molecule has 0 saturated carbocycles. The normalized spacial score (nSPS) is 14.2. The number of halogens is 1. The van der Waals surface area contributed by atoms with Crippen LogP contribution in [0.15, 0.2) is 36.7 Å². The second-order valence-electron chi connectivity index (χ2n) is 4.88. The zero-order chi connectivity index (χ0) is 14.5. The van der Waals surface area contributed by atoms with Gasteiger partial charge in [0.2, 0.25) is 0 Å². The number of aryl methyl sites for hydroxylation is 1. The Morgan fingerprint density at radius 1 is 1.45 bits per heavy atom. The van der Waals surface area contributed by atoms with Crippen molar-refractivity contribution in [3.05, 3.63) is 52.8 Å². The zero-order valence-electron chi connectivity index (χ0n) is 11.8. The van der Waals surface area contributed by atoms with E-state index in [-0.39, 0.29) is 12.1 Å². The average molecular weight is 294 g/mol. The molecule has 0 amide bonds. The number of rotatable bonds is 6. The van der Waals surface area contributed by atoms with Gasteiger partial charge in [0.25, 0.3) is 0 Å². The van der Waals surface area contributed by atoms with Crippen LogP contribution < -0.4 is 5.73 Å². The van der Waals surface area contributed by atoms with Crippen molar-refractivity contribution in [2.75, 3.05) is 0 Å². The minimum atomic E-state index is -0.160. The van der Waals surface area contributed by atoms with Crippen molar-refractivity contribution in [2.45, 2.75) is 32.1 Å². The molecule has 0 saturated heterocycles. The first-order chi connectivity index (χ1) is 9.60. The van der Waals surface area contributed by atoms with E-state index in [1.165, 1.54) is 0 Å². The molecule has 2 N–H and O–H groups in total. The molecule has 0 spiro atoms. The first-order valence-electron chi connectivity index (χ1n) is 6.70. The topological polar surface area (TPSA) is 53.1 Å². The van der Waals surface area contributed by atoms with Gasteiger partial charge in [-0.1, -0.05) is 30.7 Å².